The van der Waals surface area contributed by atoms with E-state index in [1.807, 2.05) is 0 Å². The summed E-state index contributed by atoms with van der Waals surface area (Å²) < 4.78 is 0. The van der Waals surface area contributed by atoms with Gasteiger partial charge in [0.25, 0.3) is 5.91 Å². The van der Waals surface area contributed by atoms with Gasteiger partial charge in [-0.15, -0.1) is 10.2 Å². The second kappa shape index (κ2) is 8.54. The van der Waals surface area contributed by atoms with E-state index in [-0.39, 0.29) is 11.8 Å². The van der Waals surface area contributed by atoms with Crippen LogP contribution < -0.4 is 10.6 Å². The molecule has 24 heavy (non-hydrogen) atoms. The molecule has 2 aromatic rings. The molecule has 0 aliphatic heterocycles. The average molecular weight is 346 g/mol. The predicted molar refractivity (Wildman–Crippen MR) is 96.5 cm³/mol. The van der Waals surface area contributed by atoms with E-state index in [1.165, 1.54) is 11.3 Å². The number of nitrogens with one attached hydrogen (secondary N) is 2. The number of hydrogen-bond acceptors (Lipinski definition) is 5. The molecular weight excluding hydrogens is 324 g/mol. The fourth-order valence-corrected chi connectivity index (χ4v) is 3.22. The molecule has 0 radical (unpaired) electrons. The second-order valence-electron chi connectivity index (χ2n) is 5.39. The Hall–Kier alpha value is -2.28. The molecule has 6 nitrogen and oxygen atoms in total. The Kier molecular flexibility index (Phi) is 6.43. The van der Waals surface area contributed by atoms with Gasteiger partial charge in [0.15, 0.2) is 0 Å². The zero-order valence-electron chi connectivity index (χ0n) is 14.1. The molecule has 0 saturated heterocycles. The van der Waals surface area contributed by atoms with Gasteiger partial charge in [0, 0.05) is 23.6 Å². The van der Waals surface area contributed by atoms with Crippen LogP contribution in [0.2, 0.25) is 0 Å². The quantitative estimate of drug-likeness (QED) is 0.792. The standard InChI is InChI=1S/C17H22N4O2S/c1-4-11(5-2)16-20-21-17(24-16)19-15(23)12-7-9-13(10-8-12)18-14(22)6-3/h7-11H,4-6H2,1-3H3,(H,18,22)(H,19,21,23). The molecule has 2 N–H and O–H groups in total. The largest absolute Gasteiger partial charge is 0.326 e. The molecule has 0 aliphatic rings. The highest BCUT2D eigenvalue weighted by Crippen LogP contribution is 2.28. The molecule has 0 fully saturated rings. The molecule has 7 heteroatoms. The highest BCUT2D eigenvalue weighted by Gasteiger charge is 2.15. The molecule has 1 aromatic carbocycles. The third-order valence-electron chi connectivity index (χ3n) is 3.75. The van der Waals surface area contributed by atoms with Crippen LogP contribution in [0.4, 0.5) is 10.8 Å². The number of nitrogens with zero attached hydrogens (tertiary/aromatic N) is 2. The van der Waals surface area contributed by atoms with E-state index < -0.39 is 0 Å². The fraction of sp³-hybridized carbons (Fsp3) is 0.412. The van der Waals surface area contributed by atoms with Crippen molar-refractivity contribution >= 4 is 34.0 Å². The minimum atomic E-state index is -0.240. The van der Waals surface area contributed by atoms with Crippen LogP contribution in [-0.4, -0.2) is 22.0 Å². The van der Waals surface area contributed by atoms with E-state index in [0.717, 1.165) is 17.8 Å². The summed E-state index contributed by atoms with van der Waals surface area (Å²) in [5.74, 6) is 0.0835. The number of rotatable bonds is 7. The van der Waals surface area contributed by atoms with Gasteiger partial charge in [-0.3, -0.25) is 14.9 Å². The Morgan fingerprint density at radius 1 is 1.04 bits per heavy atom. The number of amides is 2. The van der Waals surface area contributed by atoms with E-state index in [0.29, 0.717) is 28.7 Å². The lowest BCUT2D eigenvalue weighted by Gasteiger charge is -2.06. The Balaban J connectivity index is 2.01. The monoisotopic (exact) mass is 346 g/mol. The van der Waals surface area contributed by atoms with Gasteiger partial charge in [-0.25, -0.2) is 0 Å². The number of benzene rings is 1. The van der Waals surface area contributed by atoms with Crippen molar-refractivity contribution in [3.63, 3.8) is 0 Å². The maximum atomic E-state index is 12.3. The number of hydrogen-bond donors (Lipinski definition) is 2. The third-order valence-corrected chi connectivity index (χ3v) is 4.75. The lowest BCUT2D eigenvalue weighted by atomic mass is 10.1. The van der Waals surface area contributed by atoms with Crippen molar-refractivity contribution in [2.24, 2.45) is 0 Å². The van der Waals surface area contributed by atoms with E-state index in [1.54, 1.807) is 31.2 Å². The summed E-state index contributed by atoms with van der Waals surface area (Å²) in [6.45, 7) is 6.02. The van der Waals surface area contributed by atoms with Crippen LogP contribution in [0.5, 0.6) is 0 Å². The second-order valence-corrected chi connectivity index (χ2v) is 6.40. The van der Waals surface area contributed by atoms with Crippen molar-refractivity contribution in [1.82, 2.24) is 10.2 Å². The van der Waals surface area contributed by atoms with Crippen molar-refractivity contribution in [3.8, 4) is 0 Å². The number of carbonyl (C=O) groups excluding carboxylic acids is 2. The molecule has 0 aliphatic carbocycles. The van der Waals surface area contributed by atoms with Gasteiger partial charge < -0.3 is 5.32 Å². The molecule has 1 heterocycles. The first-order valence-corrected chi connectivity index (χ1v) is 8.93. The fourth-order valence-electron chi connectivity index (χ4n) is 2.21. The summed E-state index contributed by atoms with van der Waals surface area (Å²) in [5, 5.41) is 15.2. The van der Waals surface area contributed by atoms with E-state index >= 15 is 0 Å². The SMILES string of the molecule is CCC(=O)Nc1ccc(C(=O)Nc2nnc(C(CC)CC)s2)cc1. The molecule has 0 bridgehead atoms. The van der Waals surface area contributed by atoms with Crippen molar-refractivity contribution in [2.45, 2.75) is 46.0 Å². The molecular formula is C17H22N4O2S. The maximum Gasteiger partial charge on any atom is 0.257 e. The smallest absolute Gasteiger partial charge is 0.257 e. The van der Waals surface area contributed by atoms with Crippen LogP contribution in [0.1, 0.15) is 61.3 Å². The third kappa shape index (κ3) is 4.61. The normalized spacial score (nSPS) is 10.7. The van der Waals surface area contributed by atoms with Gasteiger partial charge in [-0.2, -0.15) is 0 Å². The van der Waals surface area contributed by atoms with E-state index in [4.69, 9.17) is 0 Å². The number of carbonyl (C=O) groups is 2. The van der Waals surface area contributed by atoms with Crippen LogP contribution in [0.25, 0.3) is 0 Å². The average Bonchev–Trinajstić information content (AvgIpc) is 3.04. The first kappa shape index (κ1) is 18.1. The number of anilines is 2. The van der Waals surface area contributed by atoms with E-state index in [2.05, 4.69) is 34.7 Å². The summed E-state index contributed by atoms with van der Waals surface area (Å²) in [7, 11) is 0. The van der Waals surface area contributed by atoms with Gasteiger partial charge in [-0.05, 0) is 37.1 Å². The van der Waals surface area contributed by atoms with Gasteiger partial charge in [0.1, 0.15) is 5.01 Å². The molecule has 2 rings (SSSR count). The van der Waals surface area contributed by atoms with Gasteiger partial charge in [-0.1, -0.05) is 32.1 Å². The molecule has 0 unspecified atom stereocenters. The van der Waals surface area contributed by atoms with E-state index in [9.17, 15) is 9.59 Å². The van der Waals surface area contributed by atoms with Crippen LogP contribution in [-0.2, 0) is 4.79 Å². The van der Waals surface area contributed by atoms with Gasteiger partial charge in [0.2, 0.25) is 11.0 Å². The highest BCUT2D eigenvalue weighted by molar-refractivity contribution is 7.15. The zero-order valence-corrected chi connectivity index (χ0v) is 14.9. The van der Waals surface area contributed by atoms with Crippen LogP contribution in [0, 0.1) is 0 Å². The van der Waals surface area contributed by atoms with Crippen molar-refractivity contribution < 1.29 is 9.59 Å². The Labute approximate surface area is 145 Å². The topological polar surface area (TPSA) is 84.0 Å². The lowest BCUT2D eigenvalue weighted by Crippen LogP contribution is -2.12. The van der Waals surface area contributed by atoms with Crippen molar-refractivity contribution in [3.05, 3.63) is 34.8 Å². The Morgan fingerprint density at radius 2 is 1.71 bits per heavy atom. The molecule has 0 atom stereocenters. The lowest BCUT2D eigenvalue weighted by molar-refractivity contribution is -0.115. The first-order chi connectivity index (χ1) is 11.6. The molecule has 2 amide bonds. The predicted octanol–water partition coefficient (Wildman–Crippen LogP) is 4.04. The zero-order chi connectivity index (χ0) is 17.5. The van der Waals surface area contributed by atoms with Crippen molar-refractivity contribution in [2.75, 3.05) is 10.6 Å². The Bertz CT molecular complexity index is 693. The minimum absolute atomic E-state index is 0.0602. The van der Waals surface area contributed by atoms with Gasteiger partial charge >= 0.3 is 0 Å². The van der Waals surface area contributed by atoms with Crippen LogP contribution >= 0.6 is 11.3 Å². The first-order valence-electron chi connectivity index (χ1n) is 8.12. The summed E-state index contributed by atoms with van der Waals surface area (Å²) >= 11 is 1.42. The molecule has 128 valence electrons. The highest BCUT2D eigenvalue weighted by atomic mass is 32.1. The summed E-state index contributed by atoms with van der Waals surface area (Å²) in [6, 6.07) is 6.75. The minimum Gasteiger partial charge on any atom is -0.326 e. The van der Waals surface area contributed by atoms with Crippen LogP contribution in [0.3, 0.4) is 0 Å². The summed E-state index contributed by atoms with van der Waals surface area (Å²) in [4.78, 5) is 23.6. The summed E-state index contributed by atoms with van der Waals surface area (Å²) in [6.07, 6.45) is 2.42. The van der Waals surface area contributed by atoms with Crippen molar-refractivity contribution in [1.29, 1.82) is 0 Å². The number of aromatic nitrogens is 2. The van der Waals surface area contributed by atoms with Gasteiger partial charge in [0.05, 0.1) is 0 Å². The summed E-state index contributed by atoms with van der Waals surface area (Å²) in [5.41, 5.74) is 1.18. The molecule has 0 spiro atoms. The molecule has 0 saturated carbocycles. The maximum absolute atomic E-state index is 12.3. The van der Waals surface area contributed by atoms with Crippen LogP contribution in [0.15, 0.2) is 24.3 Å². The molecule has 1 aromatic heterocycles. The Morgan fingerprint density at radius 3 is 2.29 bits per heavy atom.